The van der Waals surface area contributed by atoms with E-state index >= 15 is 0 Å². The van der Waals surface area contributed by atoms with Crippen molar-refractivity contribution in [3.05, 3.63) is 131 Å². The van der Waals surface area contributed by atoms with Crippen LogP contribution in [0.1, 0.15) is 44.3 Å². The van der Waals surface area contributed by atoms with Crippen molar-refractivity contribution < 1.29 is 19.1 Å². The summed E-state index contributed by atoms with van der Waals surface area (Å²) in [6, 6.07) is 32.5. The van der Waals surface area contributed by atoms with Gasteiger partial charge in [-0.2, -0.15) is 0 Å². The number of carbonyl (C=O) groups excluding carboxylic acids is 3. The van der Waals surface area contributed by atoms with Crippen molar-refractivity contribution in [2.75, 3.05) is 43.4 Å². The fraction of sp³-hybridized carbons (Fsp3) is 0.194. The SMILES string of the molecule is CCOC(=O)c1ccc2c(c1)NC(=O)C2=C(Nc1ccc(CN2CCN(C(=O)c3ccccc3)CC2)cc1)c1ccccc1. The number of fused-ring (bicyclic) bond motifs is 1. The largest absolute Gasteiger partial charge is 0.462 e. The van der Waals surface area contributed by atoms with Crippen LogP contribution in [0.2, 0.25) is 0 Å². The van der Waals surface area contributed by atoms with Gasteiger partial charge in [-0.1, -0.05) is 66.7 Å². The molecule has 0 unspecified atom stereocenters. The van der Waals surface area contributed by atoms with E-state index < -0.39 is 5.97 Å². The maximum Gasteiger partial charge on any atom is 0.338 e. The highest BCUT2D eigenvalue weighted by Gasteiger charge is 2.29. The minimum absolute atomic E-state index is 0.0852. The summed E-state index contributed by atoms with van der Waals surface area (Å²) in [5.74, 6) is -0.582. The van der Waals surface area contributed by atoms with Crippen LogP contribution >= 0.6 is 0 Å². The number of carbonyl (C=O) groups is 3. The minimum Gasteiger partial charge on any atom is -0.462 e. The van der Waals surface area contributed by atoms with Crippen LogP contribution in [-0.2, 0) is 16.1 Å². The molecule has 1 saturated heterocycles. The third-order valence-corrected chi connectivity index (χ3v) is 7.90. The van der Waals surface area contributed by atoms with Crippen LogP contribution in [0.25, 0.3) is 11.3 Å². The average molecular weight is 587 g/mol. The first-order valence-corrected chi connectivity index (χ1v) is 14.9. The molecule has 222 valence electrons. The van der Waals surface area contributed by atoms with Crippen molar-refractivity contribution in [1.82, 2.24) is 9.80 Å². The number of piperazine rings is 1. The molecule has 2 amide bonds. The Morgan fingerprint density at radius 3 is 2.11 bits per heavy atom. The minimum atomic E-state index is -0.425. The van der Waals surface area contributed by atoms with Crippen LogP contribution in [0.5, 0.6) is 0 Å². The molecule has 4 aromatic carbocycles. The van der Waals surface area contributed by atoms with Crippen molar-refractivity contribution in [2.24, 2.45) is 0 Å². The van der Waals surface area contributed by atoms with E-state index in [9.17, 15) is 14.4 Å². The highest BCUT2D eigenvalue weighted by Crippen LogP contribution is 2.38. The molecule has 1 fully saturated rings. The predicted molar refractivity (Wildman–Crippen MR) is 172 cm³/mol. The van der Waals surface area contributed by atoms with Crippen LogP contribution < -0.4 is 10.6 Å². The third-order valence-electron chi connectivity index (χ3n) is 7.90. The van der Waals surface area contributed by atoms with Gasteiger partial charge in [-0.05, 0) is 54.4 Å². The smallest absolute Gasteiger partial charge is 0.338 e. The van der Waals surface area contributed by atoms with Crippen molar-refractivity contribution in [1.29, 1.82) is 0 Å². The number of nitrogens with one attached hydrogen (secondary N) is 2. The van der Waals surface area contributed by atoms with Crippen molar-refractivity contribution in [2.45, 2.75) is 13.5 Å². The summed E-state index contributed by atoms with van der Waals surface area (Å²) in [6.07, 6.45) is 0. The second-order valence-corrected chi connectivity index (χ2v) is 10.8. The Labute approximate surface area is 256 Å². The maximum atomic E-state index is 13.3. The van der Waals surface area contributed by atoms with Gasteiger partial charge in [-0.25, -0.2) is 4.79 Å². The highest BCUT2D eigenvalue weighted by atomic mass is 16.5. The fourth-order valence-electron chi connectivity index (χ4n) is 5.61. The Morgan fingerprint density at radius 2 is 1.45 bits per heavy atom. The Morgan fingerprint density at radius 1 is 0.795 bits per heavy atom. The molecule has 0 aromatic heterocycles. The molecule has 2 N–H and O–H groups in total. The summed E-state index contributed by atoms with van der Waals surface area (Å²) in [6.45, 7) is 5.86. The number of hydrogen-bond acceptors (Lipinski definition) is 6. The van der Waals surface area contributed by atoms with Gasteiger partial charge in [-0.15, -0.1) is 0 Å². The average Bonchev–Trinajstić information content (AvgIpc) is 3.40. The number of nitrogens with zero attached hydrogens (tertiary/aromatic N) is 2. The van der Waals surface area contributed by atoms with E-state index in [0.29, 0.717) is 35.6 Å². The van der Waals surface area contributed by atoms with Gasteiger partial charge >= 0.3 is 5.97 Å². The Hall–Kier alpha value is -5.21. The van der Waals surface area contributed by atoms with Gasteiger partial charge in [0.2, 0.25) is 0 Å². The molecule has 0 aliphatic carbocycles. The summed E-state index contributed by atoms with van der Waals surface area (Å²) >= 11 is 0. The van der Waals surface area contributed by atoms with E-state index in [-0.39, 0.29) is 18.4 Å². The van der Waals surface area contributed by atoms with Gasteiger partial charge in [0, 0.05) is 49.5 Å². The van der Waals surface area contributed by atoms with Gasteiger partial charge in [0.25, 0.3) is 11.8 Å². The first kappa shape index (κ1) is 28.9. The molecule has 2 aliphatic rings. The van der Waals surface area contributed by atoms with Crippen LogP contribution in [0, 0.1) is 0 Å². The number of esters is 1. The normalized spacial score (nSPS) is 15.8. The predicted octanol–water partition coefficient (Wildman–Crippen LogP) is 5.75. The molecule has 0 saturated carbocycles. The first-order valence-electron chi connectivity index (χ1n) is 14.9. The summed E-state index contributed by atoms with van der Waals surface area (Å²) in [7, 11) is 0. The summed E-state index contributed by atoms with van der Waals surface area (Å²) in [4.78, 5) is 42.7. The van der Waals surface area contributed by atoms with Crippen molar-refractivity contribution in [3.63, 3.8) is 0 Å². The quantitative estimate of drug-likeness (QED) is 0.202. The standard InChI is InChI=1S/C36H34N4O4/c1-2-44-36(43)28-15-18-30-31(23-28)38-34(41)32(30)33(26-9-5-3-6-10-26)37-29-16-13-25(14-17-29)24-39-19-21-40(22-20-39)35(42)27-11-7-4-8-12-27/h3-18,23,37H,2,19-22,24H2,1H3,(H,38,41). The van der Waals surface area contributed by atoms with Gasteiger partial charge in [0.1, 0.15) is 0 Å². The monoisotopic (exact) mass is 586 g/mol. The van der Waals surface area contributed by atoms with Gasteiger partial charge in [-0.3, -0.25) is 14.5 Å². The zero-order valence-electron chi connectivity index (χ0n) is 24.6. The maximum absolute atomic E-state index is 13.3. The zero-order valence-corrected chi connectivity index (χ0v) is 24.6. The Balaban J connectivity index is 1.17. The fourth-order valence-corrected chi connectivity index (χ4v) is 5.61. The molecule has 4 aromatic rings. The van der Waals surface area contributed by atoms with Crippen LogP contribution in [0.4, 0.5) is 11.4 Å². The molecular weight excluding hydrogens is 552 g/mol. The van der Waals surface area contributed by atoms with E-state index in [2.05, 4.69) is 27.7 Å². The molecule has 8 nitrogen and oxygen atoms in total. The Kier molecular flexibility index (Phi) is 8.52. The van der Waals surface area contributed by atoms with Crippen molar-refractivity contribution >= 4 is 40.4 Å². The molecule has 2 heterocycles. The summed E-state index contributed by atoms with van der Waals surface area (Å²) < 4.78 is 5.13. The molecule has 0 atom stereocenters. The first-order chi connectivity index (χ1) is 21.5. The lowest BCUT2D eigenvalue weighted by Crippen LogP contribution is -2.48. The van der Waals surface area contributed by atoms with Gasteiger partial charge in [0.15, 0.2) is 0 Å². The highest BCUT2D eigenvalue weighted by molar-refractivity contribution is 6.37. The van der Waals surface area contributed by atoms with E-state index in [1.165, 1.54) is 5.56 Å². The summed E-state index contributed by atoms with van der Waals surface area (Å²) in [5.41, 5.74) is 6.49. The molecule has 0 spiro atoms. The van der Waals surface area contributed by atoms with Crippen LogP contribution in [-0.4, -0.2) is 60.4 Å². The lowest BCUT2D eigenvalue weighted by Gasteiger charge is -2.34. The Bertz CT molecular complexity index is 1690. The van der Waals surface area contributed by atoms with E-state index in [0.717, 1.165) is 42.0 Å². The molecule has 2 aliphatic heterocycles. The molecule has 0 bridgehead atoms. The molecule has 6 rings (SSSR count). The zero-order chi connectivity index (χ0) is 30.5. The molecule has 44 heavy (non-hydrogen) atoms. The number of ether oxygens (including phenoxy) is 1. The number of rotatable bonds is 8. The number of anilines is 2. The van der Waals surface area contributed by atoms with Gasteiger partial charge < -0.3 is 20.3 Å². The topological polar surface area (TPSA) is 91.0 Å². The second kappa shape index (κ2) is 13.0. The van der Waals surface area contributed by atoms with E-state index in [1.807, 2.05) is 77.7 Å². The number of benzene rings is 4. The molecule has 0 radical (unpaired) electrons. The molecular formula is C36H34N4O4. The van der Waals surface area contributed by atoms with E-state index in [1.54, 1.807) is 25.1 Å². The lowest BCUT2D eigenvalue weighted by atomic mass is 9.99. The number of amides is 2. The van der Waals surface area contributed by atoms with E-state index in [4.69, 9.17) is 4.74 Å². The van der Waals surface area contributed by atoms with Gasteiger partial charge in [0.05, 0.1) is 29.1 Å². The second-order valence-electron chi connectivity index (χ2n) is 10.8. The third kappa shape index (κ3) is 6.26. The summed E-state index contributed by atoms with van der Waals surface area (Å²) in [5, 5.41) is 6.42. The number of hydrogen-bond donors (Lipinski definition) is 2. The van der Waals surface area contributed by atoms with Crippen LogP contribution in [0.15, 0.2) is 103 Å². The van der Waals surface area contributed by atoms with Crippen LogP contribution in [0.3, 0.4) is 0 Å². The van der Waals surface area contributed by atoms with Crippen molar-refractivity contribution in [3.8, 4) is 0 Å². The lowest BCUT2D eigenvalue weighted by molar-refractivity contribution is -0.110. The molecule has 8 heteroatoms.